The van der Waals surface area contributed by atoms with Crippen molar-refractivity contribution < 1.29 is 9.53 Å². The van der Waals surface area contributed by atoms with Crippen LogP contribution in [0.15, 0.2) is 36.7 Å². The van der Waals surface area contributed by atoms with Gasteiger partial charge in [-0.3, -0.25) is 4.79 Å². The molecule has 1 heterocycles. The predicted octanol–water partition coefficient (Wildman–Crippen LogP) is 9.68. The summed E-state index contributed by atoms with van der Waals surface area (Å²) in [5.74, 6) is 3.64. The van der Waals surface area contributed by atoms with Crippen molar-refractivity contribution in [1.82, 2.24) is 9.97 Å². The van der Waals surface area contributed by atoms with Crippen LogP contribution in [0, 0.1) is 17.8 Å². The second-order valence-electron chi connectivity index (χ2n) is 12.1. The third kappa shape index (κ3) is 8.64. The number of carbonyl (C=O) groups is 1. The van der Waals surface area contributed by atoms with E-state index in [1.54, 1.807) is 0 Å². The van der Waals surface area contributed by atoms with Crippen LogP contribution in [-0.2, 0) is 4.79 Å². The van der Waals surface area contributed by atoms with Gasteiger partial charge in [-0.1, -0.05) is 71.6 Å². The van der Waals surface area contributed by atoms with E-state index in [2.05, 4.69) is 13.8 Å². The van der Waals surface area contributed by atoms with Crippen molar-refractivity contribution >= 4 is 5.97 Å². The average molecular weight is 519 g/mol. The normalized spacial score (nSPS) is 23.7. The van der Waals surface area contributed by atoms with Gasteiger partial charge in [-0.2, -0.15) is 0 Å². The zero-order valence-corrected chi connectivity index (χ0v) is 24.0. The third-order valence-corrected chi connectivity index (χ3v) is 9.18. The van der Waals surface area contributed by atoms with Crippen LogP contribution in [0.25, 0.3) is 11.4 Å². The van der Waals surface area contributed by atoms with Crippen LogP contribution in [0.5, 0.6) is 5.75 Å². The van der Waals surface area contributed by atoms with Gasteiger partial charge in [0.05, 0.1) is 5.92 Å². The Morgan fingerprint density at radius 2 is 1.32 bits per heavy atom. The monoisotopic (exact) mass is 518 g/mol. The zero-order chi connectivity index (χ0) is 26.6. The minimum atomic E-state index is -0.0708. The molecule has 0 amide bonds. The third-order valence-electron chi connectivity index (χ3n) is 9.18. The fraction of sp³-hybridized carbons (Fsp3) is 0.676. The Hall–Kier alpha value is -2.23. The van der Waals surface area contributed by atoms with Gasteiger partial charge in [-0.25, -0.2) is 9.97 Å². The number of aromatic nitrogens is 2. The lowest BCUT2D eigenvalue weighted by molar-refractivity contribution is -0.140. The first kappa shape index (κ1) is 28.8. The molecule has 4 rings (SSSR count). The van der Waals surface area contributed by atoms with E-state index in [0.717, 1.165) is 48.9 Å². The van der Waals surface area contributed by atoms with Gasteiger partial charge in [0.2, 0.25) is 0 Å². The fourth-order valence-electron chi connectivity index (χ4n) is 6.57. The van der Waals surface area contributed by atoms with Gasteiger partial charge in [0, 0.05) is 18.0 Å². The van der Waals surface area contributed by atoms with E-state index in [9.17, 15) is 4.79 Å². The Kier molecular flexibility index (Phi) is 11.6. The fourth-order valence-corrected chi connectivity index (χ4v) is 6.57. The van der Waals surface area contributed by atoms with E-state index in [1.807, 2.05) is 36.7 Å². The Bertz CT molecular complexity index is 939. The van der Waals surface area contributed by atoms with Gasteiger partial charge in [-0.05, 0) is 98.9 Å². The Labute approximate surface area is 231 Å². The van der Waals surface area contributed by atoms with Crippen molar-refractivity contribution in [3.8, 4) is 17.1 Å². The van der Waals surface area contributed by atoms with Crippen LogP contribution in [0.2, 0.25) is 0 Å². The molecule has 0 atom stereocenters. The highest BCUT2D eigenvalue weighted by atomic mass is 16.5. The van der Waals surface area contributed by atoms with E-state index in [-0.39, 0.29) is 11.9 Å². The number of rotatable bonds is 13. The first-order chi connectivity index (χ1) is 18.7. The molecule has 2 aliphatic rings. The molecule has 4 heteroatoms. The maximum atomic E-state index is 12.7. The van der Waals surface area contributed by atoms with Gasteiger partial charge in [0.1, 0.15) is 5.75 Å². The summed E-state index contributed by atoms with van der Waals surface area (Å²) in [6, 6.07) is 7.68. The van der Waals surface area contributed by atoms with Crippen LogP contribution in [0.3, 0.4) is 0 Å². The number of nitrogens with zero attached hydrogens (tertiary/aromatic N) is 2. The molecule has 0 saturated heterocycles. The molecular formula is C34H50N2O2. The zero-order valence-electron chi connectivity index (χ0n) is 24.0. The standard InChI is InChI=1S/C34H50N2O2/c1-3-5-7-8-9-11-27-12-16-28(17-13-27)31-24-35-33(36-25-31)29-20-22-32(23-21-29)38-34(37)30-18-14-26(15-19-30)10-6-4-2/h20-28,30H,3-19H2,1-2H3/t26?,27-,28-,30?. The predicted molar refractivity (Wildman–Crippen MR) is 156 cm³/mol. The molecule has 208 valence electrons. The lowest BCUT2D eigenvalue weighted by Gasteiger charge is -2.28. The molecule has 4 nitrogen and oxygen atoms in total. The SMILES string of the molecule is CCCCCCC[C@H]1CC[C@H](c2cnc(-c3ccc(OC(=O)C4CCC(CCCC)CC4)cc3)nc2)CC1. The van der Waals surface area contributed by atoms with Crippen molar-refractivity contribution in [2.75, 3.05) is 0 Å². The summed E-state index contributed by atoms with van der Waals surface area (Å²) in [7, 11) is 0. The Morgan fingerprint density at radius 1 is 0.737 bits per heavy atom. The molecule has 0 bridgehead atoms. The number of carbonyl (C=O) groups excluding carboxylic acids is 1. The smallest absolute Gasteiger partial charge is 0.314 e. The topological polar surface area (TPSA) is 52.1 Å². The van der Waals surface area contributed by atoms with Gasteiger partial charge < -0.3 is 4.74 Å². The average Bonchev–Trinajstić information content (AvgIpc) is 2.97. The summed E-state index contributed by atoms with van der Waals surface area (Å²) in [5, 5.41) is 0. The van der Waals surface area contributed by atoms with E-state index in [4.69, 9.17) is 14.7 Å². The molecule has 2 fully saturated rings. The van der Waals surface area contributed by atoms with Crippen LogP contribution in [-0.4, -0.2) is 15.9 Å². The van der Waals surface area contributed by atoms with Crippen LogP contribution in [0.4, 0.5) is 0 Å². The first-order valence-corrected chi connectivity index (χ1v) is 15.8. The number of hydrogen-bond donors (Lipinski definition) is 0. The molecule has 0 aliphatic heterocycles. The quantitative estimate of drug-likeness (QED) is 0.150. The number of hydrogen-bond acceptors (Lipinski definition) is 4. The lowest BCUT2D eigenvalue weighted by Crippen LogP contribution is -2.25. The second kappa shape index (κ2) is 15.4. The highest BCUT2D eigenvalue weighted by Gasteiger charge is 2.27. The molecule has 0 N–H and O–H groups in total. The van der Waals surface area contributed by atoms with E-state index >= 15 is 0 Å². The molecular weight excluding hydrogens is 468 g/mol. The van der Waals surface area contributed by atoms with Crippen molar-refractivity contribution in [2.45, 2.75) is 129 Å². The number of unbranched alkanes of at least 4 members (excludes halogenated alkanes) is 5. The number of ether oxygens (including phenoxy) is 1. The highest BCUT2D eigenvalue weighted by molar-refractivity contribution is 5.75. The van der Waals surface area contributed by atoms with Gasteiger partial charge in [-0.15, -0.1) is 0 Å². The van der Waals surface area contributed by atoms with Crippen LogP contribution < -0.4 is 4.74 Å². The molecule has 2 saturated carbocycles. The molecule has 2 aromatic rings. The Balaban J connectivity index is 1.20. The molecule has 0 radical (unpaired) electrons. The maximum Gasteiger partial charge on any atom is 0.314 e. The van der Waals surface area contributed by atoms with Crippen LogP contribution in [0.1, 0.15) is 134 Å². The van der Waals surface area contributed by atoms with Gasteiger partial charge in [0.15, 0.2) is 5.82 Å². The minimum Gasteiger partial charge on any atom is -0.426 e. The van der Waals surface area contributed by atoms with E-state index in [1.165, 1.54) is 89.0 Å². The summed E-state index contributed by atoms with van der Waals surface area (Å²) in [5.41, 5.74) is 2.24. The van der Waals surface area contributed by atoms with E-state index < -0.39 is 0 Å². The van der Waals surface area contributed by atoms with Crippen molar-refractivity contribution in [1.29, 1.82) is 0 Å². The molecule has 0 unspecified atom stereocenters. The van der Waals surface area contributed by atoms with E-state index in [0.29, 0.717) is 11.7 Å². The van der Waals surface area contributed by atoms with Crippen LogP contribution >= 0.6 is 0 Å². The molecule has 2 aliphatic carbocycles. The molecule has 1 aromatic carbocycles. The lowest BCUT2D eigenvalue weighted by atomic mass is 9.77. The number of esters is 1. The Morgan fingerprint density at radius 3 is 1.95 bits per heavy atom. The molecule has 1 aromatic heterocycles. The van der Waals surface area contributed by atoms with Crippen molar-refractivity contribution in [2.24, 2.45) is 17.8 Å². The molecule has 0 spiro atoms. The molecule has 38 heavy (non-hydrogen) atoms. The largest absolute Gasteiger partial charge is 0.426 e. The van der Waals surface area contributed by atoms with Crippen molar-refractivity contribution in [3.05, 3.63) is 42.2 Å². The summed E-state index contributed by atoms with van der Waals surface area (Å²) in [4.78, 5) is 22.1. The number of benzene rings is 1. The van der Waals surface area contributed by atoms with Gasteiger partial charge in [0.25, 0.3) is 0 Å². The first-order valence-electron chi connectivity index (χ1n) is 15.8. The second-order valence-corrected chi connectivity index (χ2v) is 12.1. The summed E-state index contributed by atoms with van der Waals surface area (Å²) < 4.78 is 5.73. The van der Waals surface area contributed by atoms with Gasteiger partial charge >= 0.3 is 5.97 Å². The maximum absolute atomic E-state index is 12.7. The highest BCUT2D eigenvalue weighted by Crippen LogP contribution is 2.38. The van der Waals surface area contributed by atoms with Crippen molar-refractivity contribution in [3.63, 3.8) is 0 Å². The summed E-state index contributed by atoms with van der Waals surface area (Å²) in [6.45, 7) is 4.53. The minimum absolute atomic E-state index is 0.0456. The summed E-state index contributed by atoms with van der Waals surface area (Å²) >= 11 is 0. The summed E-state index contributed by atoms with van der Waals surface area (Å²) in [6.07, 6.45) is 25.8.